The molecule has 0 aromatic heterocycles. The first-order chi connectivity index (χ1) is 7.10. The Morgan fingerprint density at radius 2 is 2.27 bits per heavy atom. The molecule has 0 N–H and O–H groups in total. The minimum Gasteiger partial charge on any atom is -0.497 e. The van der Waals surface area contributed by atoms with Crippen LogP contribution in [-0.4, -0.2) is 17.7 Å². The molecule has 0 heterocycles. The summed E-state index contributed by atoms with van der Waals surface area (Å²) in [5.74, 6) is 0.657. The van der Waals surface area contributed by atoms with Crippen molar-refractivity contribution in [2.24, 2.45) is 0 Å². The van der Waals surface area contributed by atoms with Crippen LogP contribution in [0.2, 0.25) is 5.02 Å². The lowest BCUT2D eigenvalue weighted by molar-refractivity contribution is 0.0990. The number of Topliss-reactive ketones (excluding diaryl/α,β-unsaturated/α-hetero) is 1. The van der Waals surface area contributed by atoms with Gasteiger partial charge in [0, 0.05) is 5.56 Å². The summed E-state index contributed by atoms with van der Waals surface area (Å²) in [4.78, 5) is 11.6. The topological polar surface area (TPSA) is 26.3 Å². The molecular weight excluding hydrogens is 279 g/mol. The zero-order valence-electron chi connectivity index (χ0n) is 8.59. The summed E-state index contributed by atoms with van der Waals surface area (Å²) in [5.41, 5.74) is 0.529. The molecule has 0 aliphatic rings. The maximum atomic E-state index is 11.8. The van der Waals surface area contributed by atoms with Gasteiger partial charge in [-0.2, -0.15) is 0 Å². The van der Waals surface area contributed by atoms with Gasteiger partial charge in [0.15, 0.2) is 5.78 Å². The summed E-state index contributed by atoms with van der Waals surface area (Å²) in [6.45, 7) is 1.94. The van der Waals surface area contributed by atoms with E-state index in [4.69, 9.17) is 16.3 Å². The Bertz CT molecular complexity index is 366. The van der Waals surface area contributed by atoms with Crippen molar-refractivity contribution in [2.75, 3.05) is 7.11 Å². The van der Waals surface area contributed by atoms with Crippen molar-refractivity contribution in [3.05, 3.63) is 28.8 Å². The largest absolute Gasteiger partial charge is 0.497 e. The van der Waals surface area contributed by atoms with E-state index in [1.165, 1.54) is 0 Å². The van der Waals surface area contributed by atoms with Crippen LogP contribution < -0.4 is 4.74 Å². The third-order valence-electron chi connectivity index (χ3n) is 2.08. The van der Waals surface area contributed by atoms with Crippen LogP contribution in [0.15, 0.2) is 18.2 Å². The molecule has 0 aliphatic carbocycles. The van der Waals surface area contributed by atoms with Crippen molar-refractivity contribution in [2.45, 2.75) is 18.2 Å². The second kappa shape index (κ2) is 5.52. The second-order valence-electron chi connectivity index (χ2n) is 3.09. The van der Waals surface area contributed by atoms with Gasteiger partial charge in [0.25, 0.3) is 0 Å². The third-order valence-corrected chi connectivity index (χ3v) is 3.46. The standard InChI is InChI=1S/C11H12BrClO2/c1-3-9(12)11(14)8-5-4-7(15-2)6-10(8)13/h4-6,9H,3H2,1-2H3. The molecule has 0 aliphatic heterocycles. The molecule has 1 atom stereocenters. The SMILES string of the molecule is CCC(Br)C(=O)c1ccc(OC)cc1Cl. The van der Waals surface area contributed by atoms with Crippen LogP contribution in [-0.2, 0) is 0 Å². The van der Waals surface area contributed by atoms with Crippen LogP contribution in [0.5, 0.6) is 5.75 Å². The predicted molar refractivity (Wildman–Crippen MR) is 65.3 cm³/mol. The Balaban J connectivity index is 3.00. The van der Waals surface area contributed by atoms with Gasteiger partial charge in [-0.25, -0.2) is 0 Å². The number of ether oxygens (including phenoxy) is 1. The van der Waals surface area contributed by atoms with Gasteiger partial charge in [-0.05, 0) is 24.6 Å². The number of benzene rings is 1. The molecule has 82 valence electrons. The maximum absolute atomic E-state index is 11.8. The van der Waals surface area contributed by atoms with Gasteiger partial charge in [-0.1, -0.05) is 34.5 Å². The van der Waals surface area contributed by atoms with Gasteiger partial charge in [0.2, 0.25) is 0 Å². The molecule has 0 fully saturated rings. The Hall–Kier alpha value is -0.540. The molecule has 0 saturated carbocycles. The summed E-state index contributed by atoms with van der Waals surface area (Å²) in [5, 5.41) is 0.428. The molecule has 1 rings (SSSR count). The molecule has 2 nitrogen and oxygen atoms in total. The molecular formula is C11H12BrClO2. The molecule has 0 spiro atoms. The lowest BCUT2D eigenvalue weighted by Crippen LogP contribution is -2.13. The first kappa shape index (κ1) is 12.5. The fraction of sp³-hybridized carbons (Fsp3) is 0.364. The number of alkyl halides is 1. The number of carbonyl (C=O) groups excluding carboxylic acids is 1. The van der Waals surface area contributed by atoms with E-state index >= 15 is 0 Å². The predicted octanol–water partition coefficient (Wildman–Crippen LogP) is 3.70. The van der Waals surface area contributed by atoms with Crippen molar-refractivity contribution in [1.29, 1.82) is 0 Å². The minimum atomic E-state index is -0.177. The Morgan fingerprint density at radius 1 is 1.60 bits per heavy atom. The van der Waals surface area contributed by atoms with Crippen LogP contribution in [0.1, 0.15) is 23.7 Å². The normalized spacial score (nSPS) is 12.3. The Morgan fingerprint density at radius 3 is 2.73 bits per heavy atom. The smallest absolute Gasteiger partial charge is 0.177 e. The van der Waals surface area contributed by atoms with Gasteiger partial charge in [0.1, 0.15) is 5.75 Å². The molecule has 0 amide bonds. The van der Waals surface area contributed by atoms with Gasteiger partial charge in [0.05, 0.1) is 17.0 Å². The lowest BCUT2D eigenvalue weighted by atomic mass is 10.1. The van der Waals surface area contributed by atoms with Crippen molar-refractivity contribution in [1.82, 2.24) is 0 Å². The van der Waals surface area contributed by atoms with Crippen LogP contribution in [0, 0.1) is 0 Å². The van der Waals surface area contributed by atoms with E-state index in [0.717, 1.165) is 6.42 Å². The maximum Gasteiger partial charge on any atom is 0.177 e. The average Bonchev–Trinajstić information content (AvgIpc) is 2.26. The van der Waals surface area contributed by atoms with E-state index in [1.807, 2.05) is 6.92 Å². The highest BCUT2D eigenvalue weighted by molar-refractivity contribution is 9.10. The van der Waals surface area contributed by atoms with Gasteiger partial charge in [-0.15, -0.1) is 0 Å². The van der Waals surface area contributed by atoms with Crippen molar-refractivity contribution in [3.63, 3.8) is 0 Å². The van der Waals surface area contributed by atoms with Crippen LogP contribution in [0.4, 0.5) is 0 Å². The molecule has 0 bridgehead atoms. The highest BCUT2D eigenvalue weighted by Crippen LogP contribution is 2.25. The van der Waals surface area contributed by atoms with E-state index < -0.39 is 0 Å². The number of methoxy groups -OCH3 is 1. The monoisotopic (exact) mass is 290 g/mol. The van der Waals surface area contributed by atoms with Crippen LogP contribution in [0.25, 0.3) is 0 Å². The number of rotatable bonds is 4. The fourth-order valence-electron chi connectivity index (χ4n) is 1.18. The molecule has 1 aromatic carbocycles. The Labute approximate surface area is 103 Å². The summed E-state index contributed by atoms with van der Waals surface area (Å²) in [6, 6.07) is 5.06. The highest BCUT2D eigenvalue weighted by Gasteiger charge is 2.17. The summed E-state index contributed by atoms with van der Waals surface area (Å²) in [6.07, 6.45) is 0.737. The quantitative estimate of drug-likeness (QED) is 0.624. The molecule has 4 heteroatoms. The number of hydrogen-bond donors (Lipinski definition) is 0. The zero-order valence-corrected chi connectivity index (χ0v) is 10.9. The molecule has 0 saturated heterocycles. The summed E-state index contributed by atoms with van der Waals surface area (Å²) >= 11 is 9.29. The number of ketones is 1. The highest BCUT2D eigenvalue weighted by atomic mass is 79.9. The molecule has 1 aromatic rings. The van der Waals surface area contributed by atoms with E-state index in [9.17, 15) is 4.79 Å². The van der Waals surface area contributed by atoms with E-state index in [-0.39, 0.29) is 10.6 Å². The zero-order chi connectivity index (χ0) is 11.4. The number of hydrogen-bond acceptors (Lipinski definition) is 2. The van der Waals surface area contributed by atoms with Crippen molar-refractivity contribution in [3.8, 4) is 5.75 Å². The lowest BCUT2D eigenvalue weighted by Gasteiger charge is -2.08. The molecule has 1 unspecified atom stereocenters. The van der Waals surface area contributed by atoms with E-state index in [2.05, 4.69) is 15.9 Å². The van der Waals surface area contributed by atoms with Crippen molar-refractivity contribution >= 4 is 33.3 Å². The Kier molecular flexibility index (Phi) is 4.61. The third kappa shape index (κ3) is 2.95. The van der Waals surface area contributed by atoms with E-state index in [0.29, 0.717) is 16.3 Å². The molecule has 15 heavy (non-hydrogen) atoms. The van der Waals surface area contributed by atoms with Gasteiger partial charge in [-0.3, -0.25) is 4.79 Å². The molecule has 0 radical (unpaired) electrons. The van der Waals surface area contributed by atoms with Crippen LogP contribution in [0.3, 0.4) is 0 Å². The second-order valence-corrected chi connectivity index (χ2v) is 4.60. The minimum absolute atomic E-state index is 0.00477. The number of carbonyl (C=O) groups is 1. The fourth-order valence-corrected chi connectivity index (χ4v) is 1.69. The first-order valence-electron chi connectivity index (χ1n) is 4.62. The van der Waals surface area contributed by atoms with Gasteiger partial charge >= 0.3 is 0 Å². The summed E-state index contributed by atoms with van der Waals surface area (Å²) < 4.78 is 5.01. The van der Waals surface area contributed by atoms with E-state index in [1.54, 1.807) is 25.3 Å². The summed E-state index contributed by atoms with van der Waals surface area (Å²) in [7, 11) is 1.56. The number of halogens is 2. The first-order valence-corrected chi connectivity index (χ1v) is 5.91. The van der Waals surface area contributed by atoms with Crippen LogP contribution >= 0.6 is 27.5 Å². The van der Waals surface area contributed by atoms with Gasteiger partial charge < -0.3 is 4.74 Å². The average molecular weight is 292 g/mol. The van der Waals surface area contributed by atoms with Crippen molar-refractivity contribution < 1.29 is 9.53 Å².